The zero-order valence-electron chi connectivity index (χ0n) is 14.7. The van der Waals surface area contributed by atoms with Crippen molar-refractivity contribution in [3.05, 3.63) is 57.8 Å². The Morgan fingerprint density at radius 3 is 2.69 bits per heavy atom. The fourth-order valence-electron chi connectivity index (χ4n) is 2.88. The van der Waals surface area contributed by atoms with Crippen LogP contribution >= 0.6 is 11.8 Å². The molecular weight excluding hydrogens is 352 g/mol. The SMILES string of the molecule is CCOC(=O)c1cccc(-n2c(C)cc(/C=C3/SC(=O)NC3=O)c2C)c1. The lowest BCUT2D eigenvalue weighted by molar-refractivity contribution is -0.115. The molecule has 0 radical (unpaired) electrons. The lowest BCUT2D eigenvalue weighted by Gasteiger charge is -2.11. The van der Waals surface area contributed by atoms with Gasteiger partial charge in [0.1, 0.15) is 0 Å². The van der Waals surface area contributed by atoms with E-state index in [1.54, 1.807) is 31.2 Å². The van der Waals surface area contributed by atoms with Gasteiger partial charge in [0.25, 0.3) is 11.1 Å². The molecule has 0 spiro atoms. The van der Waals surface area contributed by atoms with Crippen LogP contribution in [0.25, 0.3) is 11.8 Å². The predicted octanol–water partition coefficient (Wildman–Crippen LogP) is 3.59. The second-order valence-electron chi connectivity index (χ2n) is 5.78. The zero-order valence-corrected chi connectivity index (χ0v) is 15.5. The Bertz CT molecular complexity index is 943. The minimum absolute atomic E-state index is 0.320. The molecule has 6 nitrogen and oxygen atoms in total. The van der Waals surface area contributed by atoms with E-state index in [9.17, 15) is 14.4 Å². The number of nitrogens with one attached hydrogen (secondary N) is 1. The number of hydrogen-bond donors (Lipinski definition) is 1. The van der Waals surface area contributed by atoms with Gasteiger partial charge < -0.3 is 9.30 Å². The second kappa shape index (κ2) is 7.21. The maximum Gasteiger partial charge on any atom is 0.338 e. The lowest BCUT2D eigenvalue weighted by Crippen LogP contribution is -2.17. The molecule has 7 heteroatoms. The van der Waals surface area contributed by atoms with Crippen LogP contribution < -0.4 is 5.32 Å². The van der Waals surface area contributed by atoms with E-state index in [1.165, 1.54) is 0 Å². The summed E-state index contributed by atoms with van der Waals surface area (Å²) in [6, 6.07) is 9.13. The van der Waals surface area contributed by atoms with Crippen LogP contribution in [-0.2, 0) is 9.53 Å². The number of aryl methyl sites for hydroxylation is 1. The molecule has 1 aliphatic heterocycles. The number of thioether (sulfide) groups is 1. The minimum Gasteiger partial charge on any atom is -0.462 e. The molecular formula is C19H18N2O4S. The number of ether oxygens (including phenoxy) is 1. The van der Waals surface area contributed by atoms with Crippen LogP contribution in [-0.4, -0.2) is 28.3 Å². The van der Waals surface area contributed by atoms with Crippen LogP contribution in [0.5, 0.6) is 0 Å². The number of nitrogens with zero attached hydrogens (tertiary/aromatic N) is 1. The van der Waals surface area contributed by atoms with Crippen molar-refractivity contribution < 1.29 is 19.1 Å². The summed E-state index contributed by atoms with van der Waals surface area (Å²) in [4.78, 5) is 35.4. The van der Waals surface area contributed by atoms with Crippen molar-refractivity contribution in [1.29, 1.82) is 0 Å². The molecule has 0 saturated carbocycles. The molecule has 1 aromatic heterocycles. The molecule has 1 N–H and O–H groups in total. The van der Waals surface area contributed by atoms with Gasteiger partial charge >= 0.3 is 5.97 Å². The maximum atomic E-state index is 12.0. The van der Waals surface area contributed by atoms with E-state index in [0.29, 0.717) is 17.1 Å². The van der Waals surface area contributed by atoms with Crippen molar-refractivity contribution in [2.45, 2.75) is 20.8 Å². The van der Waals surface area contributed by atoms with Gasteiger partial charge in [0.2, 0.25) is 0 Å². The molecule has 1 saturated heterocycles. The summed E-state index contributed by atoms with van der Waals surface area (Å²) in [5, 5.41) is 1.89. The highest BCUT2D eigenvalue weighted by Crippen LogP contribution is 2.29. The average molecular weight is 370 g/mol. The molecule has 1 aromatic carbocycles. The Kier molecular flexibility index (Phi) is 4.99. The monoisotopic (exact) mass is 370 g/mol. The number of hydrogen-bond acceptors (Lipinski definition) is 5. The summed E-state index contributed by atoms with van der Waals surface area (Å²) >= 11 is 0.891. The normalized spacial score (nSPS) is 15.4. The summed E-state index contributed by atoms with van der Waals surface area (Å²) in [6.45, 7) is 5.96. The Morgan fingerprint density at radius 2 is 2.04 bits per heavy atom. The van der Waals surface area contributed by atoms with Crippen LogP contribution in [0.15, 0.2) is 35.2 Å². The third-order valence-electron chi connectivity index (χ3n) is 4.01. The predicted molar refractivity (Wildman–Crippen MR) is 100 cm³/mol. The highest BCUT2D eigenvalue weighted by atomic mass is 32.2. The smallest absolute Gasteiger partial charge is 0.338 e. The van der Waals surface area contributed by atoms with Crippen LogP contribution in [0.3, 0.4) is 0 Å². The van der Waals surface area contributed by atoms with Crippen molar-refractivity contribution in [2.24, 2.45) is 0 Å². The van der Waals surface area contributed by atoms with Gasteiger partial charge in [-0.2, -0.15) is 0 Å². The van der Waals surface area contributed by atoms with Crippen LogP contribution in [0.4, 0.5) is 4.79 Å². The third-order valence-corrected chi connectivity index (χ3v) is 4.83. The number of imide groups is 1. The third kappa shape index (κ3) is 3.43. The minimum atomic E-state index is -0.380. The van der Waals surface area contributed by atoms with E-state index in [0.717, 1.165) is 34.4 Å². The van der Waals surface area contributed by atoms with Gasteiger partial charge in [-0.3, -0.25) is 14.9 Å². The van der Waals surface area contributed by atoms with Gasteiger partial charge in [0.05, 0.1) is 17.1 Å². The molecule has 1 aliphatic rings. The van der Waals surface area contributed by atoms with Crippen molar-refractivity contribution in [1.82, 2.24) is 9.88 Å². The topological polar surface area (TPSA) is 77.4 Å². The molecule has 0 aliphatic carbocycles. The van der Waals surface area contributed by atoms with Crippen LogP contribution in [0.1, 0.15) is 34.2 Å². The fourth-order valence-corrected chi connectivity index (χ4v) is 3.55. The highest BCUT2D eigenvalue weighted by Gasteiger charge is 2.25. The number of esters is 1. The van der Waals surface area contributed by atoms with Gasteiger partial charge in [-0.1, -0.05) is 6.07 Å². The first-order chi connectivity index (χ1) is 12.4. The molecule has 1 fully saturated rings. The largest absolute Gasteiger partial charge is 0.462 e. The lowest BCUT2D eigenvalue weighted by atomic mass is 10.2. The number of aromatic nitrogens is 1. The fraction of sp³-hybridized carbons (Fsp3) is 0.211. The summed E-state index contributed by atoms with van der Waals surface area (Å²) in [5.74, 6) is -0.745. The molecule has 134 valence electrons. The zero-order chi connectivity index (χ0) is 18.8. The number of carbonyl (C=O) groups is 3. The van der Waals surface area contributed by atoms with Crippen LogP contribution in [0, 0.1) is 13.8 Å². The molecule has 2 aromatic rings. The van der Waals surface area contributed by atoms with Crippen molar-refractivity contribution in [3.63, 3.8) is 0 Å². The summed E-state index contributed by atoms with van der Waals surface area (Å²) < 4.78 is 7.05. The first-order valence-corrected chi connectivity index (χ1v) is 8.93. The molecule has 0 unspecified atom stereocenters. The number of rotatable bonds is 4. The number of carbonyl (C=O) groups excluding carboxylic acids is 3. The molecule has 0 bridgehead atoms. The quantitative estimate of drug-likeness (QED) is 0.657. The molecule has 2 heterocycles. The van der Waals surface area contributed by atoms with Gasteiger partial charge in [-0.25, -0.2) is 4.79 Å². The Hall–Kier alpha value is -2.80. The van der Waals surface area contributed by atoms with Gasteiger partial charge in [-0.15, -0.1) is 0 Å². The summed E-state index contributed by atoms with van der Waals surface area (Å²) in [5.41, 5.74) is 4.01. The van der Waals surface area contributed by atoms with Crippen molar-refractivity contribution >= 4 is 35.0 Å². The molecule has 0 atom stereocenters. The molecule has 26 heavy (non-hydrogen) atoms. The van der Waals surface area contributed by atoms with Gasteiger partial charge in [0, 0.05) is 17.1 Å². The molecule has 2 amide bonds. The Morgan fingerprint density at radius 1 is 1.27 bits per heavy atom. The second-order valence-corrected chi connectivity index (χ2v) is 6.80. The van der Waals surface area contributed by atoms with E-state index in [-0.39, 0.29) is 17.1 Å². The summed E-state index contributed by atoms with van der Waals surface area (Å²) in [7, 11) is 0. The first kappa shape index (κ1) is 18.0. The molecule has 3 rings (SSSR count). The number of benzene rings is 1. The van der Waals surface area contributed by atoms with E-state index in [4.69, 9.17) is 4.74 Å². The van der Waals surface area contributed by atoms with E-state index < -0.39 is 0 Å². The standard InChI is InChI=1S/C19H18N2O4S/c1-4-25-18(23)13-6-5-7-15(9-13)21-11(2)8-14(12(21)3)10-16-17(22)20-19(24)26-16/h5-10H,4H2,1-3H3,(H,20,22,24)/b16-10+. The van der Waals surface area contributed by atoms with Gasteiger partial charge in [-0.05, 0) is 68.4 Å². The Balaban J connectivity index is 2.00. The van der Waals surface area contributed by atoms with Crippen molar-refractivity contribution in [2.75, 3.05) is 6.61 Å². The van der Waals surface area contributed by atoms with Crippen LogP contribution in [0.2, 0.25) is 0 Å². The Labute approximate surface area is 155 Å². The number of amides is 2. The highest BCUT2D eigenvalue weighted by molar-refractivity contribution is 8.18. The van der Waals surface area contributed by atoms with E-state index in [2.05, 4.69) is 5.32 Å². The van der Waals surface area contributed by atoms with E-state index >= 15 is 0 Å². The maximum absolute atomic E-state index is 12.0. The van der Waals surface area contributed by atoms with Gasteiger partial charge in [0.15, 0.2) is 0 Å². The van der Waals surface area contributed by atoms with E-state index in [1.807, 2.05) is 30.5 Å². The summed E-state index contributed by atoms with van der Waals surface area (Å²) in [6.07, 6.45) is 1.71. The first-order valence-electron chi connectivity index (χ1n) is 8.12. The average Bonchev–Trinajstić information content (AvgIpc) is 3.06. The van der Waals surface area contributed by atoms with Crippen molar-refractivity contribution in [3.8, 4) is 5.69 Å².